The molecule has 2 heterocycles. The van der Waals surface area contributed by atoms with Crippen LogP contribution in [-0.4, -0.2) is 15.6 Å². The van der Waals surface area contributed by atoms with Gasteiger partial charge in [-0.1, -0.05) is 35.1 Å². The molecule has 1 aromatic carbocycles. The van der Waals surface area contributed by atoms with Crippen LogP contribution in [0.1, 0.15) is 34.9 Å². The highest BCUT2D eigenvalue weighted by atomic mass is 35.5. The maximum absolute atomic E-state index is 14.3. The van der Waals surface area contributed by atoms with Crippen molar-refractivity contribution in [3.05, 3.63) is 67.3 Å². The molecule has 0 saturated heterocycles. The van der Waals surface area contributed by atoms with Gasteiger partial charge in [-0.15, -0.1) is 0 Å². The fraction of sp³-hybridized carbons (Fsp3) is 0.278. The molecule has 28 heavy (non-hydrogen) atoms. The number of alkyl halides is 3. The lowest BCUT2D eigenvalue weighted by molar-refractivity contribution is -0.148. The number of fused-ring (bicyclic) bond motifs is 1. The zero-order chi connectivity index (χ0) is 20.2. The van der Waals surface area contributed by atoms with Crippen molar-refractivity contribution in [1.29, 1.82) is 5.26 Å². The predicted molar refractivity (Wildman–Crippen MR) is 95.2 cm³/mol. The number of nitriles is 1. The standard InChI is InChI=1S/C18H10ClF4N3OS/c19-16-15(11-6-12(11)18(21,22)23)26-13(27)5-10(25-17(26)28-16)4-8-2-1-3-9(7-24)14(8)20/h1-3,5,11-12H,4,6H2. The van der Waals surface area contributed by atoms with Gasteiger partial charge in [-0.3, -0.25) is 9.20 Å². The fourth-order valence-electron chi connectivity index (χ4n) is 3.28. The maximum Gasteiger partial charge on any atom is 0.392 e. The molecule has 2 atom stereocenters. The zero-order valence-electron chi connectivity index (χ0n) is 13.9. The largest absolute Gasteiger partial charge is 0.392 e. The van der Waals surface area contributed by atoms with E-state index in [1.165, 1.54) is 18.2 Å². The first-order chi connectivity index (χ1) is 13.2. The van der Waals surface area contributed by atoms with E-state index in [1.807, 2.05) is 0 Å². The Morgan fingerprint density at radius 3 is 2.79 bits per heavy atom. The average Bonchev–Trinajstić information content (AvgIpc) is 3.34. The van der Waals surface area contributed by atoms with Crippen LogP contribution in [0.4, 0.5) is 17.6 Å². The molecule has 10 heteroatoms. The second-order valence-corrected chi connectivity index (χ2v) is 8.10. The van der Waals surface area contributed by atoms with Crippen LogP contribution in [0.3, 0.4) is 0 Å². The van der Waals surface area contributed by atoms with E-state index in [0.29, 0.717) is 0 Å². The van der Waals surface area contributed by atoms with Crippen molar-refractivity contribution >= 4 is 27.9 Å². The fourth-order valence-corrected chi connectivity index (χ4v) is 4.66. The highest BCUT2D eigenvalue weighted by Crippen LogP contribution is 2.58. The van der Waals surface area contributed by atoms with E-state index in [-0.39, 0.29) is 44.7 Å². The van der Waals surface area contributed by atoms with Crippen LogP contribution in [0.5, 0.6) is 0 Å². The highest BCUT2D eigenvalue weighted by molar-refractivity contribution is 7.21. The van der Waals surface area contributed by atoms with Crippen molar-refractivity contribution in [2.45, 2.75) is 24.9 Å². The van der Waals surface area contributed by atoms with Gasteiger partial charge in [-0.2, -0.15) is 18.4 Å². The number of halogens is 5. The molecule has 0 bridgehead atoms. The second-order valence-electron chi connectivity index (χ2n) is 6.52. The minimum atomic E-state index is -4.34. The molecule has 1 fully saturated rings. The van der Waals surface area contributed by atoms with Crippen LogP contribution in [-0.2, 0) is 6.42 Å². The normalized spacial score (nSPS) is 19.0. The van der Waals surface area contributed by atoms with E-state index in [4.69, 9.17) is 16.9 Å². The molecule has 1 aliphatic carbocycles. The van der Waals surface area contributed by atoms with Crippen molar-refractivity contribution in [1.82, 2.24) is 9.38 Å². The first-order valence-electron chi connectivity index (χ1n) is 8.15. The Hall–Kier alpha value is -2.44. The van der Waals surface area contributed by atoms with Crippen molar-refractivity contribution in [3.63, 3.8) is 0 Å². The molecule has 144 valence electrons. The number of nitrogens with zero attached hydrogens (tertiary/aromatic N) is 3. The summed E-state index contributed by atoms with van der Waals surface area (Å²) < 4.78 is 54.2. The van der Waals surface area contributed by atoms with Crippen molar-refractivity contribution in [2.75, 3.05) is 0 Å². The van der Waals surface area contributed by atoms with E-state index in [1.54, 1.807) is 6.07 Å². The van der Waals surface area contributed by atoms with Gasteiger partial charge in [-0.05, 0) is 18.1 Å². The van der Waals surface area contributed by atoms with Crippen LogP contribution < -0.4 is 5.56 Å². The number of thiazole rings is 1. The summed E-state index contributed by atoms with van der Waals surface area (Å²) in [5.41, 5.74) is -0.124. The van der Waals surface area contributed by atoms with Crippen LogP contribution >= 0.6 is 22.9 Å². The topological polar surface area (TPSA) is 58.2 Å². The smallest absolute Gasteiger partial charge is 0.269 e. The summed E-state index contributed by atoms with van der Waals surface area (Å²) in [6.45, 7) is 0. The SMILES string of the molecule is N#Cc1cccc(Cc2cc(=O)n3c(C4CC4C(F)(F)F)c(Cl)sc3n2)c1F. The molecule has 2 unspecified atom stereocenters. The van der Waals surface area contributed by atoms with Crippen molar-refractivity contribution in [2.24, 2.45) is 5.92 Å². The van der Waals surface area contributed by atoms with E-state index >= 15 is 0 Å². The number of hydrogen-bond acceptors (Lipinski definition) is 4. The lowest BCUT2D eigenvalue weighted by Crippen LogP contribution is -2.18. The molecule has 0 N–H and O–H groups in total. The Kier molecular flexibility index (Phi) is 4.43. The maximum atomic E-state index is 14.3. The number of aromatic nitrogens is 2. The average molecular weight is 428 g/mol. The molecular weight excluding hydrogens is 418 g/mol. The third-order valence-electron chi connectivity index (χ3n) is 4.70. The zero-order valence-corrected chi connectivity index (χ0v) is 15.5. The van der Waals surface area contributed by atoms with Crippen LogP contribution in [0, 0.1) is 23.1 Å². The molecular formula is C18H10ClF4N3OS. The summed E-state index contributed by atoms with van der Waals surface area (Å²) in [4.78, 5) is 17.0. The lowest BCUT2D eigenvalue weighted by Gasteiger charge is -2.07. The quantitative estimate of drug-likeness (QED) is 0.570. The third kappa shape index (κ3) is 3.16. The van der Waals surface area contributed by atoms with Gasteiger partial charge >= 0.3 is 6.18 Å². The highest BCUT2D eigenvalue weighted by Gasteiger charge is 2.57. The second kappa shape index (κ2) is 6.57. The summed E-state index contributed by atoms with van der Waals surface area (Å²) in [6.07, 6.45) is -4.50. The van der Waals surface area contributed by atoms with Gasteiger partial charge in [0.05, 0.1) is 22.9 Å². The number of rotatable bonds is 3. The molecule has 0 amide bonds. The number of hydrogen-bond donors (Lipinski definition) is 0. The first-order valence-corrected chi connectivity index (χ1v) is 9.35. The molecule has 0 spiro atoms. The molecule has 2 aromatic heterocycles. The van der Waals surface area contributed by atoms with Crippen molar-refractivity contribution < 1.29 is 17.6 Å². The van der Waals surface area contributed by atoms with Gasteiger partial charge in [0.25, 0.3) is 5.56 Å². The monoisotopic (exact) mass is 427 g/mol. The first kappa shape index (κ1) is 18.9. The lowest BCUT2D eigenvalue weighted by atomic mass is 10.1. The van der Waals surface area contributed by atoms with Gasteiger partial charge < -0.3 is 0 Å². The Morgan fingerprint density at radius 1 is 1.39 bits per heavy atom. The van der Waals surface area contributed by atoms with E-state index in [9.17, 15) is 22.4 Å². The number of benzene rings is 1. The summed E-state index contributed by atoms with van der Waals surface area (Å²) >= 11 is 7.04. The van der Waals surface area contributed by atoms with Crippen LogP contribution in [0.2, 0.25) is 4.34 Å². The van der Waals surface area contributed by atoms with Crippen molar-refractivity contribution in [3.8, 4) is 6.07 Å². The van der Waals surface area contributed by atoms with Gasteiger partial charge in [0.15, 0.2) is 4.96 Å². The third-order valence-corrected chi connectivity index (χ3v) is 5.97. The Labute approximate surface area is 164 Å². The van der Waals surface area contributed by atoms with Gasteiger partial charge in [-0.25, -0.2) is 9.37 Å². The van der Waals surface area contributed by atoms with E-state index in [0.717, 1.165) is 21.8 Å². The van der Waals surface area contributed by atoms with Crippen LogP contribution in [0.15, 0.2) is 29.1 Å². The van der Waals surface area contributed by atoms with E-state index < -0.39 is 29.4 Å². The Bertz CT molecular complexity index is 1190. The van der Waals surface area contributed by atoms with Gasteiger partial charge in [0.1, 0.15) is 16.2 Å². The van der Waals surface area contributed by atoms with Gasteiger partial charge in [0.2, 0.25) is 0 Å². The van der Waals surface area contributed by atoms with E-state index in [2.05, 4.69) is 4.98 Å². The Morgan fingerprint density at radius 2 is 2.14 bits per heavy atom. The molecule has 4 rings (SSSR count). The minimum absolute atomic E-state index is 0.0352. The molecule has 0 aliphatic heterocycles. The molecule has 0 radical (unpaired) electrons. The summed E-state index contributed by atoms with van der Waals surface area (Å²) in [6, 6.07) is 7.23. The summed E-state index contributed by atoms with van der Waals surface area (Å²) in [5, 5.41) is 8.91. The predicted octanol–water partition coefficient (Wildman–Crippen LogP) is 4.68. The minimum Gasteiger partial charge on any atom is -0.269 e. The molecule has 3 aromatic rings. The Balaban J connectivity index is 1.74. The summed E-state index contributed by atoms with van der Waals surface area (Å²) in [5.74, 6) is -3.07. The molecule has 1 aliphatic rings. The van der Waals surface area contributed by atoms with Crippen LogP contribution in [0.25, 0.3) is 4.96 Å². The molecule has 1 saturated carbocycles. The van der Waals surface area contributed by atoms with Gasteiger partial charge in [0, 0.05) is 18.4 Å². The molecule has 4 nitrogen and oxygen atoms in total. The summed E-state index contributed by atoms with van der Waals surface area (Å²) in [7, 11) is 0.